The molecular formula is C23H24FN3O2S. The minimum absolute atomic E-state index is 0.0802. The molecule has 0 spiro atoms. The van der Waals surface area contributed by atoms with Gasteiger partial charge in [-0.2, -0.15) is 0 Å². The van der Waals surface area contributed by atoms with Gasteiger partial charge in [-0.1, -0.05) is 12.1 Å². The quantitative estimate of drug-likeness (QED) is 0.511. The normalized spacial score (nSPS) is 14.0. The number of nitrogens with zero attached hydrogens (tertiary/aromatic N) is 3. The van der Waals surface area contributed by atoms with Crippen LogP contribution >= 0.6 is 11.3 Å². The average molecular weight is 426 g/mol. The number of anilines is 1. The van der Waals surface area contributed by atoms with Gasteiger partial charge in [-0.3, -0.25) is 9.69 Å². The van der Waals surface area contributed by atoms with Gasteiger partial charge in [0, 0.05) is 45.0 Å². The zero-order chi connectivity index (χ0) is 21.3. The molecule has 0 radical (unpaired) electrons. The highest BCUT2D eigenvalue weighted by Gasteiger charge is 2.31. The monoisotopic (exact) mass is 425 g/mol. The van der Waals surface area contributed by atoms with Crippen LogP contribution in [0.3, 0.4) is 0 Å². The van der Waals surface area contributed by atoms with Crippen LogP contribution in [0, 0.1) is 12.7 Å². The third kappa shape index (κ3) is 4.16. The summed E-state index contributed by atoms with van der Waals surface area (Å²) in [5.41, 5.74) is 2.94. The van der Waals surface area contributed by atoms with Crippen LogP contribution in [-0.2, 0) is 20.0 Å². The molecule has 5 nitrogen and oxygen atoms in total. The molecule has 30 heavy (non-hydrogen) atoms. The van der Waals surface area contributed by atoms with Crippen molar-refractivity contribution in [1.29, 1.82) is 0 Å². The van der Waals surface area contributed by atoms with E-state index in [1.165, 1.54) is 23.5 Å². The molecule has 0 N–H and O–H groups in total. The van der Waals surface area contributed by atoms with Gasteiger partial charge in [0.15, 0.2) is 5.78 Å². The molecular weight excluding hydrogens is 401 g/mol. The minimum atomic E-state index is -0.286. The first kappa shape index (κ1) is 20.3. The van der Waals surface area contributed by atoms with E-state index in [0.29, 0.717) is 32.5 Å². The van der Waals surface area contributed by atoms with Crippen LogP contribution in [0.15, 0.2) is 48.7 Å². The summed E-state index contributed by atoms with van der Waals surface area (Å²) in [5, 5.41) is 0.807. The summed E-state index contributed by atoms with van der Waals surface area (Å²) in [4.78, 5) is 29.9. The first-order valence-electron chi connectivity index (χ1n) is 9.97. The number of hydrogen-bond acceptors (Lipinski definition) is 3. The van der Waals surface area contributed by atoms with Gasteiger partial charge in [0.2, 0.25) is 0 Å². The molecule has 2 amide bonds. The average Bonchev–Trinajstić information content (AvgIpc) is 3.41. The van der Waals surface area contributed by atoms with E-state index < -0.39 is 0 Å². The van der Waals surface area contributed by atoms with Gasteiger partial charge in [-0.15, -0.1) is 11.3 Å². The van der Waals surface area contributed by atoms with Gasteiger partial charge in [0.25, 0.3) is 0 Å². The van der Waals surface area contributed by atoms with Crippen molar-refractivity contribution in [1.82, 2.24) is 9.47 Å². The molecule has 4 rings (SSSR count). The van der Waals surface area contributed by atoms with Crippen molar-refractivity contribution in [2.45, 2.75) is 26.3 Å². The van der Waals surface area contributed by atoms with Gasteiger partial charge in [0.05, 0.1) is 9.88 Å². The van der Waals surface area contributed by atoms with Crippen molar-refractivity contribution < 1.29 is 14.0 Å². The Morgan fingerprint density at radius 1 is 1.17 bits per heavy atom. The molecule has 0 atom stereocenters. The van der Waals surface area contributed by atoms with Gasteiger partial charge in [-0.05, 0) is 54.8 Å². The summed E-state index contributed by atoms with van der Waals surface area (Å²) in [6.45, 7) is 3.55. The molecule has 1 fully saturated rings. The zero-order valence-corrected chi connectivity index (χ0v) is 17.9. The predicted molar refractivity (Wildman–Crippen MR) is 117 cm³/mol. The lowest BCUT2D eigenvalue weighted by Gasteiger charge is -2.17. The maximum absolute atomic E-state index is 13.1. The number of hydrogen-bond donors (Lipinski definition) is 0. The van der Waals surface area contributed by atoms with Gasteiger partial charge >= 0.3 is 6.03 Å². The van der Waals surface area contributed by atoms with Crippen molar-refractivity contribution in [2.75, 3.05) is 18.0 Å². The van der Waals surface area contributed by atoms with E-state index in [0.717, 1.165) is 26.7 Å². The van der Waals surface area contributed by atoms with E-state index in [2.05, 4.69) is 0 Å². The van der Waals surface area contributed by atoms with Crippen molar-refractivity contribution in [3.05, 3.63) is 76.2 Å². The number of aryl methyl sites for hydroxylation is 3. The smallest absolute Gasteiger partial charge is 0.325 e. The minimum Gasteiger partial charge on any atom is -0.354 e. The second-order valence-electron chi connectivity index (χ2n) is 7.61. The third-order valence-electron chi connectivity index (χ3n) is 5.47. The summed E-state index contributed by atoms with van der Waals surface area (Å²) in [6.07, 6.45) is 3.12. The Morgan fingerprint density at radius 3 is 2.63 bits per heavy atom. The second kappa shape index (κ2) is 8.44. The van der Waals surface area contributed by atoms with Crippen molar-refractivity contribution >= 4 is 28.2 Å². The van der Waals surface area contributed by atoms with Crippen LogP contribution < -0.4 is 4.90 Å². The number of benzene rings is 1. The Balaban J connectivity index is 1.42. The van der Waals surface area contributed by atoms with Gasteiger partial charge in [-0.25, -0.2) is 9.18 Å². The Kier molecular flexibility index (Phi) is 5.72. The number of urea groups is 1. The predicted octanol–water partition coefficient (Wildman–Crippen LogP) is 4.79. The number of thiophene rings is 1. The highest BCUT2D eigenvalue weighted by Crippen LogP contribution is 2.33. The van der Waals surface area contributed by atoms with Crippen LogP contribution in [0.5, 0.6) is 0 Å². The van der Waals surface area contributed by atoms with E-state index in [1.54, 1.807) is 21.9 Å². The lowest BCUT2D eigenvalue weighted by molar-refractivity contribution is 0.0985. The Morgan fingerprint density at radius 2 is 1.93 bits per heavy atom. The van der Waals surface area contributed by atoms with Crippen LogP contribution in [-0.4, -0.2) is 34.4 Å². The standard InChI is InChI=1S/C23H24FN3O2S/c1-16-14-21(30-22(16)20(28)10-9-19-4-3-11-25(19)2)27-13-12-26(23(27)29)15-17-5-7-18(24)8-6-17/h3-8,11,14H,9-10,12-13,15H2,1-2H3. The topological polar surface area (TPSA) is 45.6 Å². The number of carbonyl (C=O) groups excluding carboxylic acids is 2. The first-order valence-corrected chi connectivity index (χ1v) is 10.8. The van der Waals surface area contributed by atoms with Crippen LogP contribution in [0.2, 0.25) is 0 Å². The fraction of sp³-hybridized carbons (Fsp3) is 0.304. The molecule has 3 heterocycles. The van der Waals surface area contributed by atoms with E-state index in [-0.39, 0.29) is 17.6 Å². The van der Waals surface area contributed by atoms with E-state index >= 15 is 0 Å². The number of aromatic nitrogens is 1. The fourth-order valence-electron chi connectivity index (χ4n) is 3.73. The molecule has 0 aliphatic carbocycles. The maximum atomic E-state index is 13.1. The molecule has 7 heteroatoms. The van der Waals surface area contributed by atoms with Crippen molar-refractivity contribution in [2.24, 2.45) is 7.05 Å². The third-order valence-corrected chi connectivity index (χ3v) is 6.77. The van der Waals surface area contributed by atoms with Gasteiger partial charge in [0.1, 0.15) is 5.82 Å². The van der Waals surface area contributed by atoms with E-state index in [9.17, 15) is 14.0 Å². The summed E-state index contributed by atoms with van der Waals surface area (Å²) in [7, 11) is 1.98. The highest BCUT2D eigenvalue weighted by molar-refractivity contribution is 7.18. The number of amides is 2. The Hall–Kier alpha value is -2.93. The number of Topliss-reactive ketones (excluding diaryl/α,β-unsaturated/α-hetero) is 1. The SMILES string of the molecule is Cc1cc(N2CCN(Cc3ccc(F)cc3)C2=O)sc1C(=O)CCc1cccn1C. The largest absolute Gasteiger partial charge is 0.354 e. The zero-order valence-electron chi connectivity index (χ0n) is 17.1. The van der Waals surface area contributed by atoms with E-state index in [4.69, 9.17) is 0 Å². The molecule has 1 aliphatic heterocycles. The lowest BCUT2D eigenvalue weighted by atomic mass is 10.1. The molecule has 0 saturated carbocycles. The first-order chi connectivity index (χ1) is 14.4. The Bertz CT molecular complexity index is 1070. The molecule has 156 valence electrons. The molecule has 1 saturated heterocycles. The summed E-state index contributed by atoms with van der Waals surface area (Å²) < 4.78 is 15.1. The maximum Gasteiger partial charge on any atom is 0.325 e. The second-order valence-corrected chi connectivity index (χ2v) is 8.64. The summed E-state index contributed by atoms with van der Waals surface area (Å²) in [6, 6.07) is 12.1. The Labute approximate surface area is 179 Å². The molecule has 1 aliphatic rings. The summed E-state index contributed by atoms with van der Waals surface area (Å²) >= 11 is 1.39. The number of ketones is 1. The van der Waals surface area contributed by atoms with Crippen LogP contribution in [0.4, 0.5) is 14.2 Å². The molecule has 1 aromatic carbocycles. The van der Waals surface area contributed by atoms with Crippen molar-refractivity contribution in [3.8, 4) is 0 Å². The number of carbonyl (C=O) groups is 2. The van der Waals surface area contributed by atoms with Gasteiger partial charge < -0.3 is 9.47 Å². The highest BCUT2D eigenvalue weighted by atomic mass is 32.1. The number of rotatable bonds is 7. The molecule has 2 aromatic heterocycles. The van der Waals surface area contributed by atoms with E-state index in [1.807, 2.05) is 42.9 Å². The summed E-state index contributed by atoms with van der Waals surface area (Å²) in [5.74, 6) is -0.175. The molecule has 0 bridgehead atoms. The van der Waals surface area contributed by atoms with Crippen LogP contribution in [0.25, 0.3) is 0 Å². The fourth-order valence-corrected chi connectivity index (χ4v) is 4.89. The number of halogens is 1. The molecule has 3 aromatic rings. The lowest BCUT2D eigenvalue weighted by Crippen LogP contribution is -2.30. The van der Waals surface area contributed by atoms with Crippen molar-refractivity contribution in [3.63, 3.8) is 0 Å². The van der Waals surface area contributed by atoms with Crippen LogP contribution in [0.1, 0.15) is 32.9 Å². The molecule has 0 unspecified atom stereocenters.